The summed E-state index contributed by atoms with van der Waals surface area (Å²) >= 11 is 0. The van der Waals surface area contributed by atoms with Crippen LogP contribution in [0, 0.1) is 17.8 Å². The molecule has 3 rings (SSSR count). The Balaban J connectivity index is 1.75. The molecule has 1 aromatic rings. The molecule has 0 amide bonds. The zero-order valence-electron chi connectivity index (χ0n) is 11.0. The Morgan fingerprint density at radius 2 is 2.22 bits per heavy atom. The molecule has 0 radical (unpaired) electrons. The summed E-state index contributed by atoms with van der Waals surface area (Å²) < 4.78 is 5.16. The minimum Gasteiger partial charge on any atom is -0.388 e. The van der Waals surface area contributed by atoms with Crippen molar-refractivity contribution >= 4 is 0 Å². The van der Waals surface area contributed by atoms with Gasteiger partial charge in [-0.25, -0.2) is 0 Å². The smallest absolute Gasteiger partial charge is 0.0821 e. The highest BCUT2D eigenvalue weighted by atomic mass is 16.5. The number of fused-ring (bicyclic) bond motifs is 2. The van der Waals surface area contributed by atoms with Crippen molar-refractivity contribution in [2.45, 2.75) is 38.4 Å². The quantitative estimate of drug-likeness (QED) is 0.883. The number of aliphatic hydroxyl groups is 1. The van der Waals surface area contributed by atoms with Crippen molar-refractivity contribution in [2.24, 2.45) is 17.8 Å². The van der Waals surface area contributed by atoms with E-state index in [0.29, 0.717) is 12.5 Å². The predicted molar refractivity (Wildman–Crippen MR) is 71.1 cm³/mol. The van der Waals surface area contributed by atoms with Gasteiger partial charge in [0.1, 0.15) is 0 Å². The van der Waals surface area contributed by atoms with Gasteiger partial charge in [0.15, 0.2) is 0 Å². The van der Waals surface area contributed by atoms with E-state index >= 15 is 0 Å². The van der Waals surface area contributed by atoms with E-state index in [2.05, 4.69) is 18.2 Å². The first-order valence-corrected chi connectivity index (χ1v) is 7.03. The molecule has 0 aliphatic heterocycles. The van der Waals surface area contributed by atoms with Crippen molar-refractivity contribution < 1.29 is 9.84 Å². The Kier molecular flexibility index (Phi) is 3.40. The Bertz CT molecular complexity index is 415. The number of rotatable bonds is 4. The first-order chi connectivity index (χ1) is 8.78. The average molecular weight is 246 g/mol. The summed E-state index contributed by atoms with van der Waals surface area (Å²) in [7, 11) is 1.71. The summed E-state index contributed by atoms with van der Waals surface area (Å²) in [6.07, 6.45) is 5.00. The number of benzene rings is 1. The van der Waals surface area contributed by atoms with Crippen LogP contribution in [0.3, 0.4) is 0 Å². The van der Waals surface area contributed by atoms with Gasteiger partial charge >= 0.3 is 0 Å². The van der Waals surface area contributed by atoms with Crippen molar-refractivity contribution in [3.8, 4) is 0 Å². The molecule has 0 spiro atoms. The van der Waals surface area contributed by atoms with E-state index in [1.807, 2.05) is 6.07 Å². The summed E-state index contributed by atoms with van der Waals surface area (Å²) in [5, 5.41) is 10.6. The SMILES string of the molecule is COCc1cccc(C(O)C2CC3CCC2C3)c1. The fourth-order valence-corrected chi connectivity index (χ4v) is 3.96. The van der Waals surface area contributed by atoms with Crippen molar-refractivity contribution in [3.63, 3.8) is 0 Å². The fourth-order valence-electron chi connectivity index (χ4n) is 3.96. The lowest BCUT2D eigenvalue weighted by Crippen LogP contribution is -2.19. The first kappa shape index (κ1) is 12.2. The van der Waals surface area contributed by atoms with Crippen LogP contribution in [0.25, 0.3) is 0 Å². The molecule has 0 aromatic heterocycles. The van der Waals surface area contributed by atoms with Gasteiger partial charge in [-0.3, -0.25) is 0 Å². The van der Waals surface area contributed by atoms with Crippen LogP contribution in [0.15, 0.2) is 24.3 Å². The van der Waals surface area contributed by atoms with Gasteiger partial charge in [-0.15, -0.1) is 0 Å². The number of hydrogen-bond acceptors (Lipinski definition) is 2. The molecule has 4 atom stereocenters. The summed E-state index contributed by atoms with van der Waals surface area (Å²) in [6, 6.07) is 8.23. The molecule has 4 unspecified atom stereocenters. The maximum Gasteiger partial charge on any atom is 0.0821 e. The Morgan fingerprint density at radius 1 is 1.33 bits per heavy atom. The largest absolute Gasteiger partial charge is 0.388 e. The lowest BCUT2D eigenvalue weighted by Gasteiger charge is -2.27. The monoisotopic (exact) mass is 246 g/mol. The van der Waals surface area contributed by atoms with Gasteiger partial charge in [0, 0.05) is 7.11 Å². The second-order valence-electron chi connectivity index (χ2n) is 5.96. The molecular formula is C16H22O2. The van der Waals surface area contributed by atoms with Gasteiger partial charge in [-0.05, 0) is 48.1 Å². The van der Waals surface area contributed by atoms with Gasteiger partial charge in [0.05, 0.1) is 12.7 Å². The molecule has 1 aromatic carbocycles. The summed E-state index contributed by atoms with van der Waals surface area (Å²) in [6.45, 7) is 0.622. The summed E-state index contributed by atoms with van der Waals surface area (Å²) in [5.41, 5.74) is 2.22. The molecule has 2 heteroatoms. The molecular weight excluding hydrogens is 224 g/mol. The van der Waals surface area contributed by atoms with E-state index in [1.54, 1.807) is 7.11 Å². The average Bonchev–Trinajstić information content (AvgIpc) is 3.01. The van der Waals surface area contributed by atoms with Crippen LogP contribution in [-0.2, 0) is 11.3 Å². The maximum atomic E-state index is 10.6. The minimum atomic E-state index is -0.280. The van der Waals surface area contributed by atoms with Gasteiger partial charge in [-0.1, -0.05) is 30.7 Å². The molecule has 2 nitrogen and oxygen atoms in total. The van der Waals surface area contributed by atoms with Crippen LogP contribution in [0.5, 0.6) is 0 Å². The van der Waals surface area contributed by atoms with Crippen molar-refractivity contribution in [2.75, 3.05) is 7.11 Å². The highest BCUT2D eigenvalue weighted by Crippen LogP contribution is 2.52. The van der Waals surface area contributed by atoms with Gasteiger partial charge in [0.2, 0.25) is 0 Å². The van der Waals surface area contributed by atoms with Crippen LogP contribution in [0.4, 0.5) is 0 Å². The van der Waals surface area contributed by atoms with E-state index in [4.69, 9.17) is 4.74 Å². The van der Waals surface area contributed by atoms with E-state index < -0.39 is 0 Å². The van der Waals surface area contributed by atoms with Gasteiger partial charge < -0.3 is 9.84 Å². The Hall–Kier alpha value is -0.860. The second kappa shape index (κ2) is 5.02. The molecule has 2 bridgehead atoms. The highest BCUT2D eigenvalue weighted by Gasteiger charge is 2.42. The van der Waals surface area contributed by atoms with E-state index in [-0.39, 0.29) is 6.10 Å². The standard InChI is InChI=1S/C16H22O2/c1-18-10-12-3-2-4-14(8-12)16(17)15-9-11-5-6-13(15)7-11/h2-4,8,11,13,15-17H,5-7,9-10H2,1H3. The molecule has 98 valence electrons. The second-order valence-corrected chi connectivity index (χ2v) is 5.96. The molecule has 2 aliphatic rings. The third-order valence-electron chi connectivity index (χ3n) is 4.80. The van der Waals surface area contributed by atoms with Crippen LogP contribution in [-0.4, -0.2) is 12.2 Å². The van der Waals surface area contributed by atoms with Crippen molar-refractivity contribution in [1.82, 2.24) is 0 Å². The molecule has 18 heavy (non-hydrogen) atoms. The normalized spacial score (nSPS) is 31.8. The molecule has 2 fully saturated rings. The van der Waals surface area contributed by atoms with E-state index in [1.165, 1.54) is 25.7 Å². The third-order valence-corrected chi connectivity index (χ3v) is 4.80. The Morgan fingerprint density at radius 3 is 2.89 bits per heavy atom. The first-order valence-electron chi connectivity index (χ1n) is 7.03. The lowest BCUT2D eigenvalue weighted by atomic mass is 9.82. The summed E-state index contributed by atoms with van der Waals surface area (Å²) in [5.74, 6) is 2.13. The predicted octanol–water partition coefficient (Wildman–Crippen LogP) is 3.30. The van der Waals surface area contributed by atoms with Crippen LogP contribution < -0.4 is 0 Å². The number of hydrogen-bond donors (Lipinski definition) is 1. The van der Waals surface area contributed by atoms with Crippen LogP contribution in [0.1, 0.15) is 42.9 Å². The minimum absolute atomic E-state index is 0.280. The van der Waals surface area contributed by atoms with Crippen LogP contribution >= 0.6 is 0 Å². The van der Waals surface area contributed by atoms with Gasteiger partial charge in [0.25, 0.3) is 0 Å². The zero-order valence-corrected chi connectivity index (χ0v) is 11.0. The van der Waals surface area contributed by atoms with Crippen LogP contribution in [0.2, 0.25) is 0 Å². The number of methoxy groups -OCH3 is 1. The lowest BCUT2D eigenvalue weighted by molar-refractivity contribution is 0.0743. The third kappa shape index (κ3) is 2.19. The van der Waals surface area contributed by atoms with E-state index in [0.717, 1.165) is 23.0 Å². The molecule has 2 aliphatic carbocycles. The number of ether oxygens (including phenoxy) is 1. The van der Waals surface area contributed by atoms with Gasteiger partial charge in [-0.2, -0.15) is 0 Å². The van der Waals surface area contributed by atoms with Crippen molar-refractivity contribution in [3.05, 3.63) is 35.4 Å². The molecule has 1 N–H and O–H groups in total. The molecule has 0 heterocycles. The van der Waals surface area contributed by atoms with Crippen molar-refractivity contribution in [1.29, 1.82) is 0 Å². The molecule has 0 saturated heterocycles. The van der Waals surface area contributed by atoms with E-state index in [9.17, 15) is 5.11 Å². The topological polar surface area (TPSA) is 29.5 Å². The Labute approximate surface area is 109 Å². The fraction of sp³-hybridized carbons (Fsp3) is 0.625. The highest BCUT2D eigenvalue weighted by molar-refractivity contribution is 5.25. The summed E-state index contributed by atoms with van der Waals surface area (Å²) in [4.78, 5) is 0. The number of aliphatic hydroxyl groups excluding tert-OH is 1. The zero-order chi connectivity index (χ0) is 12.5. The molecule has 2 saturated carbocycles. The maximum absolute atomic E-state index is 10.6.